The molecule has 153 valence electrons. The van der Waals surface area contributed by atoms with Crippen molar-refractivity contribution in [2.45, 2.75) is 45.2 Å². The summed E-state index contributed by atoms with van der Waals surface area (Å²) >= 11 is 0. The van der Waals surface area contributed by atoms with Gasteiger partial charge in [0, 0.05) is 15.4 Å². The van der Waals surface area contributed by atoms with E-state index < -0.39 is 0 Å². The first-order valence-electron chi connectivity index (χ1n) is 9.71. The second kappa shape index (κ2) is 13.8. The molecule has 1 N–H and O–H groups in total. The van der Waals surface area contributed by atoms with Crippen molar-refractivity contribution in [2.24, 2.45) is 17.8 Å². The van der Waals surface area contributed by atoms with Crippen LogP contribution in [0.1, 0.15) is 36.8 Å². The van der Waals surface area contributed by atoms with Gasteiger partial charge in [-0.05, 0) is 37.5 Å². The summed E-state index contributed by atoms with van der Waals surface area (Å²) in [5.41, 5.74) is 12.5. The van der Waals surface area contributed by atoms with Crippen LogP contribution < -0.4 is 24.8 Å². The van der Waals surface area contributed by atoms with E-state index >= 15 is 0 Å². The number of halogens is 2. The summed E-state index contributed by atoms with van der Waals surface area (Å²) in [4.78, 5) is 10.7. The number of benzene rings is 2. The van der Waals surface area contributed by atoms with E-state index in [1.165, 1.54) is 41.5 Å². The summed E-state index contributed by atoms with van der Waals surface area (Å²) in [5, 5.41) is 0. The molecule has 3 atom stereocenters. The number of rotatable bonds is 1. The van der Waals surface area contributed by atoms with Crippen LogP contribution in [-0.2, 0) is 37.1 Å². The molecule has 6 heteroatoms. The molecule has 1 radical (unpaired) electrons. The summed E-state index contributed by atoms with van der Waals surface area (Å²) in [5.74, 6) is 1.20. The van der Waals surface area contributed by atoms with Crippen molar-refractivity contribution < 1.29 is 55.5 Å². The van der Waals surface area contributed by atoms with Gasteiger partial charge in [-0.2, -0.15) is 29.8 Å². The molecule has 0 aromatic heterocycles. The van der Waals surface area contributed by atoms with E-state index in [1.807, 2.05) is 6.07 Å². The third kappa shape index (κ3) is 7.05. The van der Waals surface area contributed by atoms with Crippen molar-refractivity contribution in [2.75, 3.05) is 0 Å². The Morgan fingerprint density at radius 2 is 1.69 bits per heavy atom. The molecule has 2 aromatic carbocycles. The SMILES string of the molecule is C[SiH]C.[Cl-].[Cl-].[Hf+4].[NH-]C(=O)C1CC2CCC1C2.[c-]1cccc2c1Cc1ccccc1-2. The molecule has 29 heavy (non-hydrogen) atoms. The van der Waals surface area contributed by atoms with E-state index in [4.69, 9.17) is 5.73 Å². The van der Waals surface area contributed by atoms with E-state index in [1.54, 1.807) is 0 Å². The van der Waals surface area contributed by atoms with Gasteiger partial charge in [0.2, 0.25) is 0 Å². The molecule has 5 rings (SSSR count). The minimum Gasteiger partial charge on any atom is -1.00 e. The summed E-state index contributed by atoms with van der Waals surface area (Å²) < 4.78 is 0. The Bertz CT molecular complexity index is 731. The average Bonchev–Trinajstić information content (AvgIpc) is 3.36. The topological polar surface area (TPSA) is 40.9 Å². The smallest absolute Gasteiger partial charge is 1.00 e. The maximum absolute atomic E-state index is 10.7. The minimum atomic E-state index is -0.313. The first kappa shape index (κ1) is 28.6. The van der Waals surface area contributed by atoms with E-state index in [-0.39, 0.29) is 62.5 Å². The van der Waals surface area contributed by atoms with Gasteiger partial charge in [0.15, 0.2) is 0 Å². The Balaban J connectivity index is 0.000000446. The van der Waals surface area contributed by atoms with Crippen molar-refractivity contribution in [3.63, 3.8) is 0 Å². The molecule has 0 saturated heterocycles. The van der Waals surface area contributed by atoms with Crippen LogP contribution in [0.25, 0.3) is 16.9 Å². The van der Waals surface area contributed by atoms with Gasteiger partial charge in [-0.1, -0.05) is 54.9 Å². The Morgan fingerprint density at radius 3 is 2.24 bits per heavy atom. The fourth-order valence-corrected chi connectivity index (χ4v) is 4.56. The number of hydrogen-bond acceptors (Lipinski definition) is 1. The number of carbonyl (C=O) groups is 1. The monoisotopic (exact) mass is 612 g/mol. The van der Waals surface area contributed by atoms with Gasteiger partial charge >= 0.3 is 25.8 Å². The standard InChI is InChI=1S/C13H9.C8H13NO.C2H7Si.2ClH.Hf/c1-3-7-12-10(5-1)9-11-6-2-4-8-13(11)12;9-8(10)7-4-5-1-2-6(7)3-5;1-3-2;;;/h1-5,7-8H,9H2;5-7H,1-4H2,(H2,9,10);3H,1-2H3;2*1H;/q-1;;;;;+4/p-3. The summed E-state index contributed by atoms with van der Waals surface area (Å²) in [6.07, 6.45) is 5.82. The van der Waals surface area contributed by atoms with Crippen LogP contribution in [-0.4, -0.2) is 15.4 Å². The van der Waals surface area contributed by atoms with Crippen LogP contribution in [0, 0.1) is 23.8 Å². The molecule has 0 heterocycles. The zero-order chi connectivity index (χ0) is 18.5. The van der Waals surface area contributed by atoms with Gasteiger partial charge in [0.1, 0.15) is 0 Å². The molecule has 0 aliphatic heterocycles. The van der Waals surface area contributed by atoms with Crippen LogP contribution in [0.4, 0.5) is 0 Å². The molecule has 3 unspecified atom stereocenters. The van der Waals surface area contributed by atoms with E-state index in [2.05, 4.69) is 55.6 Å². The molecule has 2 saturated carbocycles. The zero-order valence-electron chi connectivity index (χ0n) is 17.1. The summed E-state index contributed by atoms with van der Waals surface area (Å²) in [7, 11) is 0.750. The number of amides is 1. The molecular weight excluding hydrogens is 584 g/mol. The first-order valence-corrected chi connectivity index (χ1v) is 12.0. The van der Waals surface area contributed by atoms with Crippen LogP contribution >= 0.6 is 0 Å². The molecule has 2 nitrogen and oxygen atoms in total. The second-order valence-electron chi connectivity index (χ2n) is 7.62. The molecule has 3 aliphatic carbocycles. The van der Waals surface area contributed by atoms with Crippen LogP contribution in [0.15, 0.2) is 42.5 Å². The van der Waals surface area contributed by atoms with Crippen LogP contribution in [0.2, 0.25) is 13.1 Å². The predicted octanol–water partition coefficient (Wildman–Crippen LogP) is -0.416. The van der Waals surface area contributed by atoms with E-state index in [0.29, 0.717) is 5.92 Å². The van der Waals surface area contributed by atoms with Crippen molar-refractivity contribution in [1.29, 1.82) is 0 Å². The van der Waals surface area contributed by atoms with Crippen molar-refractivity contribution in [1.82, 2.24) is 0 Å². The minimum absolute atomic E-state index is 0. The largest absolute Gasteiger partial charge is 4.00 e. The molecule has 0 spiro atoms. The van der Waals surface area contributed by atoms with Crippen LogP contribution in [0.5, 0.6) is 0 Å². The van der Waals surface area contributed by atoms with Gasteiger partial charge < -0.3 is 35.3 Å². The zero-order valence-corrected chi connectivity index (χ0v) is 23.3. The Kier molecular flexibility index (Phi) is 13.6. The average molecular weight is 612 g/mol. The van der Waals surface area contributed by atoms with Gasteiger partial charge in [0.05, 0.1) is 5.91 Å². The van der Waals surface area contributed by atoms with E-state index in [0.717, 1.165) is 28.3 Å². The maximum Gasteiger partial charge on any atom is 4.00 e. The Morgan fingerprint density at radius 1 is 1.03 bits per heavy atom. The summed E-state index contributed by atoms with van der Waals surface area (Å²) in [6, 6.07) is 18.1. The predicted molar refractivity (Wildman–Crippen MR) is 111 cm³/mol. The quantitative estimate of drug-likeness (QED) is 0.273. The Hall–Kier alpha value is -0.423. The normalized spacial score (nSPS) is 21.4. The van der Waals surface area contributed by atoms with Crippen molar-refractivity contribution in [3.05, 3.63) is 65.4 Å². The number of carbonyl (C=O) groups excluding carboxylic acids is 1. The molecule has 2 fully saturated rings. The van der Waals surface area contributed by atoms with E-state index in [9.17, 15) is 4.79 Å². The molecule has 1 amide bonds. The van der Waals surface area contributed by atoms with Crippen molar-refractivity contribution in [3.8, 4) is 11.1 Å². The van der Waals surface area contributed by atoms with Crippen molar-refractivity contribution >= 4 is 15.4 Å². The fraction of sp³-hybridized carbons (Fsp3) is 0.435. The van der Waals surface area contributed by atoms with Gasteiger partial charge in [0.25, 0.3) is 0 Å². The number of hydrogen-bond donors (Lipinski definition) is 0. The summed E-state index contributed by atoms with van der Waals surface area (Å²) in [6.45, 7) is 4.42. The third-order valence-electron chi connectivity index (χ3n) is 5.69. The van der Waals surface area contributed by atoms with Gasteiger partial charge in [-0.15, -0.1) is 5.56 Å². The third-order valence-corrected chi connectivity index (χ3v) is 5.69. The molecule has 2 aromatic rings. The number of fused-ring (bicyclic) bond motifs is 5. The molecular formula is C23H28Cl2HfNOSi. The Labute approximate surface area is 209 Å². The molecule has 2 bridgehead atoms. The molecule has 3 aliphatic rings. The number of nitrogens with one attached hydrogen (secondary N) is 1. The second-order valence-corrected chi connectivity index (χ2v) is 8.77. The first-order chi connectivity index (χ1) is 12.6. The fourth-order valence-electron chi connectivity index (χ4n) is 4.56. The van der Waals surface area contributed by atoms with Gasteiger partial charge in [-0.25, -0.2) is 0 Å². The maximum atomic E-state index is 10.7. The van der Waals surface area contributed by atoms with Gasteiger partial charge in [-0.3, -0.25) is 0 Å². The van der Waals surface area contributed by atoms with Crippen LogP contribution in [0.3, 0.4) is 0 Å².